The van der Waals surface area contributed by atoms with E-state index < -0.39 is 5.97 Å². The molecule has 5 nitrogen and oxygen atoms in total. The number of amides is 1. The van der Waals surface area contributed by atoms with Gasteiger partial charge in [-0.05, 0) is 24.6 Å². The molecule has 1 rings (SSSR count). The minimum absolute atomic E-state index is 0.161. The number of hydrogen-bond donors (Lipinski definition) is 2. The van der Waals surface area contributed by atoms with Crippen LogP contribution in [0.25, 0.3) is 0 Å². The summed E-state index contributed by atoms with van der Waals surface area (Å²) in [7, 11) is 0. The minimum Gasteiger partial charge on any atom is -0.452 e. The van der Waals surface area contributed by atoms with Crippen molar-refractivity contribution in [3.63, 3.8) is 0 Å². The Labute approximate surface area is 117 Å². The van der Waals surface area contributed by atoms with Gasteiger partial charge in [0.25, 0.3) is 5.91 Å². The van der Waals surface area contributed by atoms with Crippen LogP contribution < -0.4 is 11.1 Å². The summed E-state index contributed by atoms with van der Waals surface area (Å²) < 4.78 is 4.87. The van der Waals surface area contributed by atoms with Crippen LogP contribution in [0.3, 0.4) is 0 Å². The van der Waals surface area contributed by atoms with Crippen molar-refractivity contribution in [2.24, 2.45) is 0 Å². The number of nitrogens with one attached hydrogen (secondary N) is 1. The maximum Gasteiger partial charge on any atom is 0.340 e. The van der Waals surface area contributed by atoms with Gasteiger partial charge in [-0.2, -0.15) is 0 Å². The predicted octanol–water partition coefficient (Wildman–Crippen LogP) is 2.00. The number of unbranched alkanes of at least 4 members (excludes halogenated alkanes) is 1. The van der Waals surface area contributed by atoms with Crippen LogP contribution in [0.1, 0.15) is 30.1 Å². The van der Waals surface area contributed by atoms with E-state index in [2.05, 4.69) is 5.32 Å². The average molecular weight is 285 g/mol. The summed E-state index contributed by atoms with van der Waals surface area (Å²) in [5.41, 5.74) is 6.06. The van der Waals surface area contributed by atoms with Gasteiger partial charge in [0.2, 0.25) is 0 Å². The van der Waals surface area contributed by atoms with Crippen molar-refractivity contribution in [2.45, 2.75) is 19.8 Å². The van der Waals surface area contributed by atoms with Crippen molar-refractivity contribution in [1.29, 1.82) is 0 Å². The smallest absolute Gasteiger partial charge is 0.340 e. The van der Waals surface area contributed by atoms with Crippen LogP contribution in [0.15, 0.2) is 18.2 Å². The molecular weight excluding hydrogens is 268 g/mol. The maximum absolute atomic E-state index is 11.7. The lowest BCUT2D eigenvalue weighted by Gasteiger charge is -2.08. The highest BCUT2D eigenvalue weighted by Crippen LogP contribution is 2.18. The lowest BCUT2D eigenvalue weighted by Crippen LogP contribution is -2.29. The number of ether oxygens (including phenoxy) is 1. The Kier molecular flexibility index (Phi) is 6.15. The van der Waals surface area contributed by atoms with Crippen molar-refractivity contribution in [3.05, 3.63) is 28.8 Å². The van der Waals surface area contributed by atoms with Gasteiger partial charge in [0.05, 0.1) is 5.56 Å². The Morgan fingerprint density at radius 2 is 2.16 bits per heavy atom. The summed E-state index contributed by atoms with van der Waals surface area (Å²) in [5, 5.41) is 3.03. The third kappa shape index (κ3) is 5.18. The number of anilines is 1. The molecule has 104 valence electrons. The molecule has 0 aliphatic rings. The second kappa shape index (κ2) is 7.63. The Morgan fingerprint density at radius 1 is 1.42 bits per heavy atom. The van der Waals surface area contributed by atoms with E-state index in [0.717, 1.165) is 12.8 Å². The van der Waals surface area contributed by atoms with Crippen LogP contribution in [0, 0.1) is 0 Å². The van der Waals surface area contributed by atoms with Crippen LogP contribution in [-0.4, -0.2) is 25.0 Å². The first-order valence-corrected chi connectivity index (χ1v) is 6.41. The van der Waals surface area contributed by atoms with E-state index in [0.29, 0.717) is 11.6 Å². The van der Waals surface area contributed by atoms with E-state index in [-0.39, 0.29) is 23.8 Å². The molecule has 0 spiro atoms. The molecule has 0 aliphatic heterocycles. The largest absolute Gasteiger partial charge is 0.452 e. The third-order valence-corrected chi connectivity index (χ3v) is 2.66. The number of esters is 1. The van der Waals surface area contributed by atoms with E-state index in [1.165, 1.54) is 12.1 Å². The van der Waals surface area contributed by atoms with E-state index in [9.17, 15) is 9.59 Å². The topological polar surface area (TPSA) is 81.4 Å². The van der Waals surface area contributed by atoms with Gasteiger partial charge in [0.1, 0.15) is 0 Å². The summed E-state index contributed by atoms with van der Waals surface area (Å²) >= 11 is 5.77. The van der Waals surface area contributed by atoms with Gasteiger partial charge < -0.3 is 15.8 Å². The molecule has 3 N–H and O–H groups in total. The molecule has 0 bridgehead atoms. The molecule has 0 atom stereocenters. The fourth-order valence-corrected chi connectivity index (χ4v) is 1.54. The van der Waals surface area contributed by atoms with Crippen LogP contribution in [0.5, 0.6) is 0 Å². The van der Waals surface area contributed by atoms with Crippen molar-refractivity contribution in [2.75, 3.05) is 18.9 Å². The monoisotopic (exact) mass is 284 g/mol. The SMILES string of the molecule is CCCCNC(=O)COC(=O)c1cc(Cl)ccc1N. The number of carbonyl (C=O) groups is 2. The average Bonchev–Trinajstić information content (AvgIpc) is 2.39. The van der Waals surface area contributed by atoms with Gasteiger partial charge in [-0.15, -0.1) is 0 Å². The van der Waals surface area contributed by atoms with Gasteiger partial charge in [-0.3, -0.25) is 4.79 Å². The number of benzene rings is 1. The Morgan fingerprint density at radius 3 is 2.84 bits per heavy atom. The van der Waals surface area contributed by atoms with E-state index in [1.807, 2.05) is 6.92 Å². The van der Waals surface area contributed by atoms with E-state index in [1.54, 1.807) is 6.07 Å². The quantitative estimate of drug-likeness (QED) is 0.475. The lowest BCUT2D eigenvalue weighted by molar-refractivity contribution is -0.124. The van der Waals surface area contributed by atoms with Crippen LogP contribution in [0.2, 0.25) is 5.02 Å². The van der Waals surface area contributed by atoms with Crippen LogP contribution in [-0.2, 0) is 9.53 Å². The zero-order valence-electron chi connectivity index (χ0n) is 10.7. The van der Waals surface area contributed by atoms with Gasteiger partial charge in [0.15, 0.2) is 6.61 Å². The molecule has 0 fully saturated rings. The summed E-state index contributed by atoms with van der Waals surface area (Å²) in [4.78, 5) is 23.1. The van der Waals surface area contributed by atoms with E-state index in [4.69, 9.17) is 22.1 Å². The first-order chi connectivity index (χ1) is 9.04. The van der Waals surface area contributed by atoms with Crippen LogP contribution >= 0.6 is 11.6 Å². The number of nitrogen functional groups attached to an aromatic ring is 1. The highest BCUT2D eigenvalue weighted by molar-refractivity contribution is 6.31. The highest BCUT2D eigenvalue weighted by atomic mass is 35.5. The fraction of sp³-hybridized carbons (Fsp3) is 0.385. The Hall–Kier alpha value is -1.75. The fourth-order valence-electron chi connectivity index (χ4n) is 1.37. The second-order valence-electron chi connectivity index (χ2n) is 4.01. The van der Waals surface area contributed by atoms with Gasteiger partial charge in [-0.1, -0.05) is 24.9 Å². The third-order valence-electron chi connectivity index (χ3n) is 2.42. The molecule has 1 amide bonds. The number of carbonyl (C=O) groups excluding carboxylic acids is 2. The number of nitrogens with two attached hydrogens (primary N) is 1. The molecule has 19 heavy (non-hydrogen) atoms. The Bertz CT molecular complexity index is 463. The molecule has 0 radical (unpaired) electrons. The van der Waals surface area contributed by atoms with Crippen LogP contribution in [0.4, 0.5) is 5.69 Å². The molecule has 0 heterocycles. The summed E-state index contributed by atoms with van der Waals surface area (Å²) in [6.07, 6.45) is 1.88. The minimum atomic E-state index is -0.661. The summed E-state index contributed by atoms with van der Waals surface area (Å²) in [6.45, 7) is 2.27. The molecule has 0 saturated heterocycles. The Balaban J connectivity index is 2.47. The molecule has 1 aromatic carbocycles. The van der Waals surface area contributed by atoms with Crippen molar-refractivity contribution >= 4 is 29.2 Å². The number of hydrogen-bond acceptors (Lipinski definition) is 4. The van der Waals surface area contributed by atoms with Gasteiger partial charge >= 0.3 is 5.97 Å². The second-order valence-corrected chi connectivity index (χ2v) is 4.45. The first-order valence-electron chi connectivity index (χ1n) is 6.03. The molecule has 0 aromatic heterocycles. The predicted molar refractivity (Wildman–Crippen MR) is 74.1 cm³/mol. The zero-order valence-corrected chi connectivity index (χ0v) is 11.5. The zero-order chi connectivity index (χ0) is 14.3. The molecule has 1 aromatic rings. The normalized spacial score (nSPS) is 10.0. The molecule has 0 aliphatic carbocycles. The van der Waals surface area contributed by atoms with Crippen molar-refractivity contribution in [3.8, 4) is 0 Å². The maximum atomic E-state index is 11.7. The summed E-state index contributed by atoms with van der Waals surface area (Å²) in [6, 6.07) is 4.50. The standard InChI is InChI=1S/C13H17ClN2O3/c1-2-3-6-16-12(17)8-19-13(18)10-7-9(14)4-5-11(10)15/h4-5,7H,2-3,6,8,15H2,1H3,(H,16,17). The number of halogens is 1. The molecule has 6 heteroatoms. The lowest BCUT2D eigenvalue weighted by atomic mass is 10.2. The summed E-state index contributed by atoms with van der Waals surface area (Å²) in [5.74, 6) is -0.993. The van der Waals surface area contributed by atoms with E-state index >= 15 is 0 Å². The first kappa shape index (κ1) is 15.3. The van der Waals surface area contributed by atoms with Gasteiger partial charge in [-0.25, -0.2) is 4.79 Å². The van der Waals surface area contributed by atoms with Gasteiger partial charge in [0, 0.05) is 17.3 Å². The molecule has 0 saturated carbocycles. The number of rotatable bonds is 6. The van der Waals surface area contributed by atoms with Crippen molar-refractivity contribution < 1.29 is 14.3 Å². The highest BCUT2D eigenvalue weighted by Gasteiger charge is 2.13. The molecular formula is C13H17ClN2O3. The van der Waals surface area contributed by atoms with Crippen molar-refractivity contribution in [1.82, 2.24) is 5.32 Å². The molecule has 0 unspecified atom stereocenters.